The van der Waals surface area contributed by atoms with Gasteiger partial charge in [0.05, 0.1) is 5.56 Å². The Bertz CT molecular complexity index is 672. The lowest BCUT2D eigenvalue weighted by atomic mass is 9.65. The van der Waals surface area contributed by atoms with Gasteiger partial charge in [0.1, 0.15) is 0 Å². The van der Waals surface area contributed by atoms with Crippen LogP contribution in [0.5, 0.6) is 0 Å². The molecular weight excluding hydrogens is 417 g/mol. The van der Waals surface area contributed by atoms with Crippen molar-refractivity contribution >= 4 is 34.5 Å². The maximum atomic E-state index is 12.6. The maximum absolute atomic E-state index is 12.6. The summed E-state index contributed by atoms with van der Waals surface area (Å²) in [7, 11) is 0. The van der Waals surface area contributed by atoms with Crippen LogP contribution in [-0.2, 0) is 9.53 Å². The molecular formula is C19H24INO3. The van der Waals surface area contributed by atoms with E-state index in [-0.39, 0.29) is 29.4 Å². The van der Waals surface area contributed by atoms with Crippen molar-refractivity contribution in [3.8, 4) is 0 Å². The largest absolute Gasteiger partial charge is 0.452 e. The zero-order valence-electron chi connectivity index (χ0n) is 14.5. The van der Waals surface area contributed by atoms with Gasteiger partial charge < -0.3 is 9.64 Å². The minimum atomic E-state index is -0.435. The van der Waals surface area contributed by atoms with E-state index in [4.69, 9.17) is 4.74 Å². The van der Waals surface area contributed by atoms with E-state index in [9.17, 15) is 9.59 Å². The quantitative estimate of drug-likeness (QED) is 0.529. The Kier molecular flexibility index (Phi) is 4.66. The van der Waals surface area contributed by atoms with E-state index in [1.807, 2.05) is 17.0 Å². The molecule has 5 heteroatoms. The molecule has 1 heterocycles. The number of hydrogen-bond acceptors (Lipinski definition) is 3. The van der Waals surface area contributed by atoms with Gasteiger partial charge in [-0.1, -0.05) is 26.8 Å². The van der Waals surface area contributed by atoms with Gasteiger partial charge in [-0.2, -0.15) is 0 Å². The average molecular weight is 441 g/mol. The van der Waals surface area contributed by atoms with Gasteiger partial charge in [-0.3, -0.25) is 4.79 Å². The van der Waals surface area contributed by atoms with Crippen molar-refractivity contribution in [3.05, 3.63) is 33.4 Å². The molecule has 2 atom stereocenters. The third kappa shape index (κ3) is 3.76. The topological polar surface area (TPSA) is 46.6 Å². The number of nitrogens with zero attached hydrogens (tertiary/aromatic N) is 1. The van der Waals surface area contributed by atoms with Gasteiger partial charge in [-0.15, -0.1) is 0 Å². The molecule has 0 spiro atoms. The number of esters is 1. The zero-order chi connectivity index (χ0) is 17.5. The number of carbonyl (C=O) groups excluding carboxylic acids is 2. The summed E-state index contributed by atoms with van der Waals surface area (Å²) in [6.07, 6.45) is 3.23. The zero-order valence-corrected chi connectivity index (χ0v) is 16.6. The van der Waals surface area contributed by atoms with Gasteiger partial charge in [0, 0.05) is 16.2 Å². The van der Waals surface area contributed by atoms with E-state index in [0.717, 1.165) is 29.4 Å². The van der Waals surface area contributed by atoms with Crippen LogP contribution < -0.4 is 0 Å². The third-order valence-corrected chi connectivity index (χ3v) is 5.79. The van der Waals surface area contributed by atoms with Gasteiger partial charge in [-0.05, 0) is 70.9 Å². The Morgan fingerprint density at radius 2 is 2.04 bits per heavy atom. The number of fused-ring (bicyclic) bond motifs is 2. The minimum absolute atomic E-state index is 0.0691. The van der Waals surface area contributed by atoms with Crippen LogP contribution in [0.1, 0.15) is 50.4 Å². The molecule has 1 amide bonds. The van der Waals surface area contributed by atoms with E-state index in [2.05, 4.69) is 43.4 Å². The van der Waals surface area contributed by atoms with Crippen molar-refractivity contribution in [3.63, 3.8) is 0 Å². The van der Waals surface area contributed by atoms with Crippen molar-refractivity contribution in [2.45, 2.75) is 46.1 Å². The molecule has 3 rings (SSSR count). The maximum Gasteiger partial charge on any atom is 0.338 e. The first-order valence-electron chi connectivity index (χ1n) is 8.40. The summed E-state index contributed by atoms with van der Waals surface area (Å²) < 4.78 is 6.23. The summed E-state index contributed by atoms with van der Waals surface area (Å²) in [6, 6.07) is 7.48. The number of rotatable bonds is 3. The second-order valence-electron chi connectivity index (χ2n) is 8.32. The lowest BCUT2D eigenvalue weighted by Gasteiger charge is -2.39. The lowest BCUT2D eigenvalue weighted by molar-refractivity contribution is -0.135. The SMILES string of the molecule is CC1(C)C[C@@H]2C[C@@](C)(CN2C(=O)COC(=O)c2cccc(I)c2)C1. The Hall–Kier alpha value is -1.11. The van der Waals surface area contributed by atoms with Crippen molar-refractivity contribution in [1.82, 2.24) is 4.90 Å². The molecule has 0 unspecified atom stereocenters. The fourth-order valence-electron chi connectivity index (χ4n) is 4.66. The predicted molar refractivity (Wildman–Crippen MR) is 101 cm³/mol. The number of benzene rings is 1. The normalized spacial score (nSPS) is 27.8. The molecule has 1 saturated heterocycles. The third-order valence-electron chi connectivity index (χ3n) is 5.12. The molecule has 24 heavy (non-hydrogen) atoms. The van der Waals surface area contributed by atoms with Crippen molar-refractivity contribution < 1.29 is 14.3 Å². The van der Waals surface area contributed by atoms with Crippen LogP contribution in [0.2, 0.25) is 0 Å². The van der Waals surface area contributed by atoms with Gasteiger partial charge in [0.15, 0.2) is 6.61 Å². The molecule has 4 nitrogen and oxygen atoms in total. The van der Waals surface area contributed by atoms with Gasteiger partial charge in [-0.25, -0.2) is 4.79 Å². The number of likely N-dealkylation sites (tertiary alicyclic amines) is 1. The number of ether oxygens (including phenoxy) is 1. The molecule has 2 fully saturated rings. The highest BCUT2D eigenvalue weighted by molar-refractivity contribution is 14.1. The van der Waals surface area contributed by atoms with Gasteiger partial charge in [0.25, 0.3) is 5.91 Å². The molecule has 1 aromatic rings. The van der Waals surface area contributed by atoms with Gasteiger partial charge in [0.2, 0.25) is 0 Å². The van der Waals surface area contributed by atoms with E-state index >= 15 is 0 Å². The Labute approximate surface area is 157 Å². The molecule has 1 saturated carbocycles. The molecule has 2 bridgehead atoms. The highest BCUT2D eigenvalue weighted by atomic mass is 127. The molecule has 1 aromatic carbocycles. The second-order valence-corrected chi connectivity index (χ2v) is 9.57. The van der Waals surface area contributed by atoms with Crippen LogP contribution in [0.3, 0.4) is 0 Å². The monoisotopic (exact) mass is 441 g/mol. The van der Waals surface area contributed by atoms with E-state index < -0.39 is 5.97 Å². The molecule has 1 aliphatic carbocycles. The fourth-order valence-corrected chi connectivity index (χ4v) is 5.20. The van der Waals surface area contributed by atoms with Crippen molar-refractivity contribution in [2.24, 2.45) is 10.8 Å². The van der Waals surface area contributed by atoms with Crippen LogP contribution in [0.25, 0.3) is 0 Å². The minimum Gasteiger partial charge on any atom is -0.452 e. The highest BCUT2D eigenvalue weighted by Crippen LogP contribution is 2.52. The summed E-state index contributed by atoms with van der Waals surface area (Å²) in [5.41, 5.74) is 0.953. The number of halogens is 1. The van der Waals surface area contributed by atoms with Gasteiger partial charge >= 0.3 is 5.97 Å². The molecule has 130 valence electrons. The Morgan fingerprint density at radius 1 is 1.29 bits per heavy atom. The second kappa shape index (κ2) is 6.32. The molecule has 1 aliphatic heterocycles. The first-order valence-corrected chi connectivity index (χ1v) is 9.48. The standard InChI is InChI=1S/C19H24INO3/c1-18(2)8-15-9-19(3,11-18)12-21(15)16(22)10-24-17(23)13-5-4-6-14(20)7-13/h4-7,15H,8-12H2,1-3H3/t15-,19-/m1/s1. The molecule has 0 aromatic heterocycles. The van der Waals surface area contributed by atoms with Crippen molar-refractivity contribution in [1.29, 1.82) is 0 Å². The number of carbonyl (C=O) groups is 2. The van der Waals surface area contributed by atoms with E-state index in [1.54, 1.807) is 12.1 Å². The van der Waals surface area contributed by atoms with Crippen LogP contribution in [0.15, 0.2) is 24.3 Å². The fraction of sp³-hybridized carbons (Fsp3) is 0.579. The number of hydrogen-bond donors (Lipinski definition) is 0. The Balaban J connectivity index is 1.61. The van der Waals surface area contributed by atoms with Crippen LogP contribution >= 0.6 is 22.6 Å². The highest BCUT2D eigenvalue weighted by Gasteiger charge is 2.50. The number of amides is 1. The average Bonchev–Trinajstić information content (AvgIpc) is 2.73. The predicted octanol–water partition coefficient (Wildman–Crippen LogP) is 3.88. The van der Waals surface area contributed by atoms with Crippen LogP contribution in [0, 0.1) is 14.4 Å². The van der Waals surface area contributed by atoms with E-state index in [0.29, 0.717) is 5.56 Å². The summed E-state index contributed by atoms with van der Waals surface area (Å²) in [6.45, 7) is 7.44. The van der Waals surface area contributed by atoms with Crippen LogP contribution in [-0.4, -0.2) is 36.0 Å². The first-order chi connectivity index (χ1) is 11.2. The van der Waals surface area contributed by atoms with E-state index in [1.165, 1.54) is 0 Å². The molecule has 2 aliphatic rings. The van der Waals surface area contributed by atoms with Crippen LogP contribution in [0.4, 0.5) is 0 Å². The summed E-state index contributed by atoms with van der Waals surface area (Å²) in [5, 5.41) is 0. The summed E-state index contributed by atoms with van der Waals surface area (Å²) in [5.74, 6) is -0.504. The smallest absolute Gasteiger partial charge is 0.338 e. The summed E-state index contributed by atoms with van der Waals surface area (Å²) in [4.78, 5) is 26.6. The molecule has 0 N–H and O–H groups in total. The summed E-state index contributed by atoms with van der Waals surface area (Å²) >= 11 is 2.15. The lowest BCUT2D eigenvalue weighted by Crippen LogP contribution is -2.39. The van der Waals surface area contributed by atoms with Crippen molar-refractivity contribution in [2.75, 3.05) is 13.2 Å². The molecule has 0 radical (unpaired) electrons. The first kappa shape index (κ1) is 17.7. The Morgan fingerprint density at radius 3 is 2.75 bits per heavy atom.